The van der Waals surface area contributed by atoms with Gasteiger partial charge in [-0.15, -0.1) is 11.3 Å². The fourth-order valence-corrected chi connectivity index (χ4v) is 3.59. The van der Waals surface area contributed by atoms with Gasteiger partial charge in [0, 0.05) is 49.4 Å². The first kappa shape index (κ1) is 14.7. The van der Waals surface area contributed by atoms with Crippen molar-refractivity contribution in [3.05, 3.63) is 52.5 Å². The maximum atomic E-state index is 4.42. The van der Waals surface area contributed by atoms with Gasteiger partial charge in [0.1, 0.15) is 0 Å². The lowest BCUT2D eigenvalue weighted by atomic mass is 10.2. The Bertz CT molecular complexity index is 512. The maximum Gasteiger partial charge on any atom is 0.0416 e. The highest BCUT2D eigenvalue weighted by Gasteiger charge is 2.15. The average molecular weight is 301 g/mol. The summed E-state index contributed by atoms with van der Waals surface area (Å²) in [5.74, 6) is 0. The fourth-order valence-electron chi connectivity index (χ4n) is 2.85. The number of pyridine rings is 1. The Kier molecular flexibility index (Phi) is 5.38. The summed E-state index contributed by atoms with van der Waals surface area (Å²) in [6.07, 6.45) is 4.22. The highest BCUT2D eigenvalue weighted by atomic mass is 32.1. The second-order valence-corrected chi connectivity index (χ2v) is 6.65. The van der Waals surface area contributed by atoms with Gasteiger partial charge in [-0.1, -0.05) is 12.1 Å². The molecule has 112 valence electrons. The van der Waals surface area contributed by atoms with E-state index in [4.69, 9.17) is 0 Å². The number of rotatable bonds is 5. The van der Waals surface area contributed by atoms with Gasteiger partial charge in [-0.05, 0) is 43.1 Å². The lowest BCUT2D eigenvalue weighted by Crippen LogP contribution is -2.31. The van der Waals surface area contributed by atoms with Crippen molar-refractivity contribution in [2.24, 2.45) is 0 Å². The van der Waals surface area contributed by atoms with Crippen LogP contribution in [0.15, 0.2) is 41.9 Å². The van der Waals surface area contributed by atoms with Crippen LogP contribution in [0.25, 0.3) is 0 Å². The van der Waals surface area contributed by atoms with Crippen LogP contribution < -0.4 is 0 Å². The van der Waals surface area contributed by atoms with Crippen LogP contribution in [-0.4, -0.2) is 47.5 Å². The van der Waals surface area contributed by atoms with E-state index in [-0.39, 0.29) is 0 Å². The molecule has 0 aliphatic carbocycles. The highest BCUT2D eigenvalue weighted by Crippen LogP contribution is 2.13. The molecule has 3 heterocycles. The average Bonchev–Trinajstić information content (AvgIpc) is 2.93. The second-order valence-electron chi connectivity index (χ2n) is 5.62. The van der Waals surface area contributed by atoms with Gasteiger partial charge in [0.05, 0.1) is 0 Å². The van der Waals surface area contributed by atoms with Crippen molar-refractivity contribution in [2.45, 2.75) is 19.4 Å². The van der Waals surface area contributed by atoms with Crippen LogP contribution in [0.1, 0.15) is 17.0 Å². The molecule has 0 unspecified atom stereocenters. The Hall–Kier alpha value is -1.23. The zero-order valence-electron chi connectivity index (χ0n) is 12.4. The molecule has 2 aromatic rings. The minimum absolute atomic E-state index is 1.06. The van der Waals surface area contributed by atoms with E-state index < -0.39 is 0 Å². The first-order valence-corrected chi connectivity index (χ1v) is 8.65. The number of aromatic nitrogens is 1. The lowest BCUT2D eigenvalue weighted by Gasteiger charge is -2.21. The molecule has 2 aromatic heterocycles. The summed E-state index contributed by atoms with van der Waals surface area (Å²) >= 11 is 1.87. The maximum absolute atomic E-state index is 4.42. The number of thiophene rings is 1. The Morgan fingerprint density at radius 1 is 1.00 bits per heavy atom. The Morgan fingerprint density at radius 3 is 2.71 bits per heavy atom. The molecule has 1 aliphatic rings. The molecule has 1 aliphatic heterocycles. The van der Waals surface area contributed by atoms with Crippen molar-refractivity contribution in [1.29, 1.82) is 0 Å². The van der Waals surface area contributed by atoms with Gasteiger partial charge >= 0.3 is 0 Å². The Balaban J connectivity index is 1.45. The molecule has 0 saturated carbocycles. The molecule has 21 heavy (non-hydrogen) atoms. The first-order chi connectivity index (χ1) is 10.4. The van der Waals surface area contributed by atoms with E-state index >= 15 is 0 Å². The summed E-state index contributed by atoms with van der Waals surface area (Å²) in [5.41, 5.74) is 1.21. The summed E-state index contributed by atoms with van der Waals surface area (Å²) in [4.78, 5) is 11.1. The lowest BCUT2D eigenvalue weighted by molar-refractivity contribution is 0.254. The Labute approximate surface area is 131 Å². The summed E-state index contributed by atoms with van der Waals surface area (Å²) in [5, 5.41) is 2.17. The van der Waals surface area contributed by atoms with Crippen molar-refractivity contribution in [3.63, 3.8) is 0 Å². The molecule has 0 amide bonds. The van der Waals surface area contributed by atoms with Crippen LogP contribution in [0.4, 0.5) is 0 Å². The van der Waals surface area contributed by atoms with Crippen molar-refractivity contribution in [3.8, 4) is 0 Å². The topological polar surface area (TPSA) is 19.4 Å². The number of hydrogen-bond acceptors (Lipinski definition) is 4. The largest absolute Gasteiger partial charge is 0.302 e. The number of hydrogen-bond donors (Lipinski definition) is 0. The third-order valence-electron chi connectivity index (χ3n) is 4.05. The zero-order valence-corrected chi connectivity index (χ0v) is 13.3. The van der Waals surface area contributed by atoms with Crippen LogP contribution in [0.3, 0.4) is 0 Å². The van der Waals surface area contributed by atoms with Gasteiger partial charge < -0.3 is 4.90 Å². The monoisotopic (exact) mass is 301 g/mol. The van der Waals surface area contributed by atoms with Gasteiger partial charge in [0.15, 0.2) is 0 Å². The first-order valence-electron chi connectivity index (χ1n) is 7.77. The predicted octanol–water partition coefficient (Wildman–Crippen LogP) is 2.89. The molecule has 4 heteroatoms. The Morgan fingerprint density at radius 2 is 1.90 bits per heavy atom. The minimum Gasteiger partial charge on any atom is -0.302 e. The van der Waals surface area contributed by atoms with Gasteiger partial charge in [-0.2, -0.15) is 0 Å². The van der Waals surface area contributed by atoms with Gasteiger partial charge in [0.2, 0.25) is 0 Å². The quantitative estimate of drug-likeness (QED) is 0.846. The van der Waals surface area contributed by atoms with Crippen LogP contribution in [-0.2, 0) is 13.0 Å². The smallest absolute Gasteiger partial charge is 0.0416 e. The van der Waals surface area contributed by atoms with Gasteiger partial charge in [-0.3, -0.25) is 9.88 Å². The molecule has 0 N–H and O–H groups in total. The molecule has 1 saturated heterocycles. The van der Waals surface area contributed by atoms with Crippen molar-refractivity contribution >= 4 is 11.3 Å². The predicted molar refractivity (Wildman–Crippen MR) is 88.6 cm³/mol. The third kappa shape index (κ3) is 4.63. The molecule has 0 bridgehead atoms. The van der Waals surface area contributed by atoms with Crippen molar-refractivity contribution < 1.29 is 0 Å². The summed E-state index contributed by atoms with van der Waals surface area (Å²) in [6.45, 7) is 7.04. The number of nitrogens with zero attached hydrogens (tertiary/aromatic N) is 3. The van der Waals surface area contributed by atoms with Crippen LogP contribution >= 0.6 is 11.3 Å². The molecule has 1 fully saturated rings. The summed E-state index contributed by atoms with van der Waals surface area (Å²) in [6, 6.07) is 10.6. The molecular formula is C17H23N3S. The highest BCUT2D eigenvalue weighted by molar-refractivity contribution is 7.09. The van der Waals surface area contributed by atoms with E-state index in [1.54, 1.807) is 0 Å². The summed E-state index contributed by atoms with van der Waals surface area (Å²) in [7, 11) is 0. The van der Waals surface area contributed by atoms with Gasteiger partial charge in [0.25, 0.3) is 0 Å². The molecule has 0 spiro atoms. The summed E-state index contributed by atoms with van der Waals surface area (Å²) < 4.78 is 0. The molecule has 3 rings (SSSR count). The van der Waals surface area contributed by atoms with E-state index in [2.05, 4.69) is 44.4 Å². The van der Waals surface area contributed by atoms with E-state index in [0.29, 0.717) is 0 Å². The fraction of sp³-hybridized carbons (Fsp3) is 0.471. The normalized spacial score (nSPS) is 17.7. The molecular weight excluding hydrogens is 278 g/mol. The molecule has 0 atom stereocenters. The second kappa shape index (κ2) is 7.69. The van der Waals surface area contributed by atoms with Crippen molar-refractivity contribution in [2.75, 3.05) is 32.7 Å². The van der Waals surface area contributed by atoms with Crippen LogP contribution in [0.2, 0.25) is 0 Å². The zero-order chi connectivity index (χ0) is 14.3. The minimum atomic E-state index is 1.06. The van der Waals surface area contributed by atoms with Crippen LogP contribution in [0, 0.1) is 0 Å². The third-order valence-corrected chi connectivity index (χ3v) is 4.91. The molecule has 0 radical (unpaired) electrons. The molecule has 0 aromatic carbocycles. The van der Waals surface area contributed by atoms with E-state index in [9.17, 15) is 0 Å². The van der Waals surface area contributed by atoms with E-state index in [1.807, 2.05) is 23.6 Å². The standard InChI is InChI=1S/C17H23N3S/c1-2-8-18-16(5-1)7-11-19-9-4-10-20(13-12-19)15-17-6-3-14-21-17/h1-3,5-6,8,14H,4,7,9-13,15H2. The van der Waals surface area contributed by atoms with Gasteiger partial charge in [-0.25, -0.2) is 0 Å². The SMILES string of the molecule is c1ccc(CCN2CCCN(Cc3cccs3)CC2)nc1. The van der Waals surface area contributed by atoms with Crippen molar-refractivity contribution in [1.82, 2.24) is 14.8 Å². The van der Waals surface area contributed by atoms with Crippen LogP contribution in [0.5, 0.6) is 0 Å². The van der Waals surface area contributed by atoms with E-state index in [0.717, 1.165) is 19.5 Å². The van der Waals surface area contributed by atoms with E-state index in [1.165, 1.54) is 43.2 Å². The molecule has 3 nitrogen and oxygen atoms in total.